The zero-order valence-electron chi connectivity index (χ0n) is 35.4. The largest absolute Gasteiger partial charge is 0.507 e. The van der Waals surface area contributed by atoms with Crippen molar-refractivity contribution >= 4 is 42.0 Å². The first kappa shape index (κ1) is 46.9. The average molecular weight is 811 g/mol. The quantitative estimate of drug-likeness (QED) is 0.100. The summed E-state index contributed by atoms with van der Waals surface area (Å²) < 4.78 is 28.4. The molecular weight excluding hydrogens is 752 g/mol. The molecule has 1 saturated heterocycles. The molecule has 0 saturated carbocycles. The number of nitrogens with zero attached hydrogens (tertiary/aromatic N) is 1. The summed E-state index contributed by atoms with van der Waals surface area (Å²) in [6.07, 6.45) is -4.43. The highest BCUT2D eigenvalue weighted by molar-refractivity contribution is 5.88. The summed E-state index contributed by atoms with van der Waals surface area (Å²) in [6.45, 7) is 19.1. The van der Waals surface area contributed by atoms with E-state index in [1.807, 2.05) is 51.1 Å². The van der Waals surface area contributed by atoms with Gasteiger partial charge in [0.05, 0.1) is 5.41 Å². The number of carbonyl (C=O) groups excluding carboxylic acids is 6. The van der Waals surface area contributed by atoms with Crippen LogP contribution in [0.3, 0.4) is 0 Å². The third-order valence-electron chi connectivity index (χ3n) is 8.83. The third-order valence-corrected chi connectivity index (χ3v) is 8.83. The molecule has 58 heavy (non-hydrogen) atoms. The van der Waals surface area contributed by atoms with Crippen molar-refractivity contribution in [2.24, 2.45) is 15.8 Å². The second kappa shape index (κ2) is 19.3. The van der Waals surface area contributed by atoms with Crippen LogP contribution in [0.1, 0.15) is 99.8 Å². The van der Waals surface area contributed by atoms with Crippen molar-refractivity contribution < 1.29 is 57.6 Å². The SMILES string of the molecule is CC(=O)OCC1O[C@@H](NC(=O)N[C@H](C(=O)NCc2ccccc2)C(C)(C)C)C(N=Cc2cc(OC(=O)C(C)(C)C)cc(C(C)(C)C)c2O)C(OC(C)=O)[C@@H]1OC(C)=O. The standard InChI is InChI=1S/C42H58N4O12/c1-23(47)54-22-30-33(55-24(2)48)34(56-25(3)49)31(43-21-27-18-28(57-38(52)42(10,11)12)19-29(32(27)50)40(4,5)6)37(58-30)46-39(53)45-35(41(7,8)9)36(51)44-20-26-16-14-13-15-17-26/h13-19,21,30-31,33-35,37,50H,20,22H2,1-12H3,(H,44,51)(H2,45,46,53)/t30?,31?,33-,34?,35-,37-/m1/s1. The first-order valence-electron chi connectivity index (χ1n) is 18.9. The van der Waals surface area contributed by atoms with Gasteiger partial charge >= 0.3 is 29.9 Å². The molecule has 0 aromatic heterocycles. The Balaban J connectivity index is 2.13. The van der Waals surface area contributed by atoms with Crippen molar-refractivity contribution in [1.82, 2.24) is 16.0 Å². The van der Waals surface area contributed by atoms with Crippen molar-refractivity contribution in [2.75, 3.05) is 6.61 Å². The van der Waals surface area contributed by atoms with Crippen LogP contribution < -0.4 is 20.7 Å². The lowest BCUT2D eigenvalue weighted by molar-refractivity contribution is -0.222. The second-order valence-electron chi connectivity index (χ2n) is 17.2. The van der Waals surface area contributed by atoms with Crippen molar-refractivity contribution in [2.45, 2.75) is 132 Å². The summed E-state index contributed by atoms with van der Waals surface area (Å²) in [4.78, 5) is 81.8. The molecule has 0 spiro atoms. The van der Waals surface area contributed by atoms with Gasteiger partial charge in [-0.1, -0.05) is 71.9 Å². The summed E-state index contributed by atoms with van der Waals surface area (Å²) in [5, 5.41) is 19.7. The van der Waals surface area contributed by atoms with Crippen LogP contribution in [0.25, 0.3) is 0 Å². The molecule has 16 heteroatoms. The van der Waals surface area contributed by atoms with Gasteiger partial charge in [-0.25, -0.2) is 4.79 Å². The summed E-state index contributed by atoms with van der Waals surface area (Å²) in [7, 11) is 0. The minimum atomic E-state index is -1.49. The number of aromatic hydroxyl groups is 1. The van der Waals surface area contributed by atoms with Crippen LogP contribution >= 0.6 is 0 Å². The molecular formula is C42H58N4O12. The maximum atomic E-state index is 13.9. The van der Waals surface area contributed by atoms with Crippen molar-refractivity contribution in [3.8, 4) is 11.5 Å². The highest BCUT2D eigenvalue weighted by Gasteiger charge is 2.51. The van der Waals surface area contributed by atoms with Gasteiger partial charge in [0.1, 0.15) is 36.3 Å². The fourth-order valence-corrected chi connectivity index (χ4v) is 5.85. The summed E-state index contributed by atoms with van der Waals surface area (Å²) in [5.41, 5.74) is -0.937. The molecule has 1 aliphatic rings. The van der Waals surface area contributed by atoms with Gasteiger partial charge in [-0.2, -0.15) is 0 Å². The highest BCUT2D eigenvalue weighted by atomic mass is 16.6. The van der Waals surface area contributed by atoms with Gasteiger partial charge < -0.3 is 44.7 Å². The van der Waals surface area contributed by atoms with E-state index in [1.165, 1.54) is 12.3 Å². The molecule has 3 rings (SSSR count). The molecule has 0 bridgehead atoms. The van der Waals surface area contributed by atoms with E-state index in [1.54, 1.807) is 47.6 Å². The Labute approximate surface area is 339 Å². The van der Waals surface area contributed by atoms with E-state index in [2.05, 4.69) is 20.9 Å². The van der Waals surface area contributed by atoms with E-state index < -0.39 is 95.3 Å². The zero-order chi connectivity index (χ0) is 43.7. The van der Waals surface area contributed by atoms with Crippen LogP contribution in [0.4, 0.5) is 4.79 Å². The van der Waals surface area contributed by atoms with Gasteiger partial charge in [0.25, 0.3) is 0 Å². The lowest BCUT2D eigenvalue weighted by Crippen LogP contribution is -2.66. The van der Waals surface area contributed by atoms with Gasteiger partial charge in [-0.05, 0) is 49.3 Å². The van der Waals surface area contributed by atoms with Crippen molar-refractivity contribution in [1.29, 1.82) is 0 Å². The van der Waals surface area contributed by atoms with E-state index in [0.29, 0.717) is 5.56 Å². The van der Waals surface area contributed by atoms with E-state index in [-0.39, 0.29) is 23.6 Å². The number of amides is 3. The number of ether oxygens (including phenoxy) is 5. The molecule has 2 aromatic carbocycles. The highest BCUT2D eigenvalue weighted by Crippen LogP contribution is 2.37. The third kappa shape index (κ3) is 13.6. The van der Waals surface area contributed by atoms with Gasteiger partial charge in [-0.15, -0.1) is 0 Å². The molecule has 2 aromatic rings. The molecule has 16 nitrogen and oxygen atoms in total. The number of carbonyl (C=O) groups is 6. The maximum absolute atomic E-state index is 13.9. The number of urea groups is 1. The number of esters is 4. The number of hydrogen-bond donors (Lipinski definition) is 4. The summed E-state index contributed by atoms with van der Waals surface area (Å²) in [5.74, 6) is -3.37. The summed E-state index contributed by atoms with van der Waals surface area (Å²) in [6, 6.07) is 8.82. The van der Waals surface area contributed by atoms with E-state index in [9.17, 15) is 33.9 Å². The zero-order valence-corrected chi connectivity index (χ0v) is 35.4. The Morgan fingerprint density at radius 2 is 1.47 bits per heavy atom. The number of rotatable bonds is 12. The van der Waals surface area contributed by atoms with E-state index >= 15 is 0 Å². The molecule has 1 fully saturated rings. The smallest absolute Gasteiger partial charge is 0.317 e. The molecule has 3 amide bonds. The second-order valence-corrected chi connectivity index (χ2v) is 17.2. The number of benzene rings is 2. The first-order valence-corrected chi connectivity index (χ1v) is 18.9. The molecule has 1 heterocycles. The summed E-state index contributed by atoms with van der Waals surface area (Å²) >= 11 is 0. The van der Waals surface area contributed by atoms with Gasteiger partial charge in [0, 0.05) is 44.7 Å². The number of hydrogen-bond acceptors (Lipinski definition) is 13. The van der Waals surface area contributed by atoms with Crippen LogP contribution in [0.5, 0.6) is 11.5 Å². The molecule has 318 valence electrons. The van der Waals surface area contributed by atoms with Crippen LogP contribution in [-0.4, -0.2) is 90.4 Å². The van der Waals surface area contributed by atoms with Gasteiger partial charge in [-0.3, -0.25) is 29.0 Å². The number of aliphatic imine (C=N–C) groups is 1. The minimum absolute atomic E-state index is 0.0860. The Hall–Kier alpha value is -5.51. The van der Waals surface area contributed by atoms with Crippen molar-refractivity contribution in [3.05, 3.63) is 59.2 Å². The topological polar surface area (TPSA) is 217 Å². The molecule has 3 unspecified atom stereocenters. The lowest BCUT2D eigenvalue weighted by atomic mass is 9.85. The Bertz CT molecular complexity index is 1840. The monoisotopic (exact) mass is 810 g/mol. The average Bonchev–Trinajstić information content (AvgIpc) is 3.09. The maximum Gasteiger partial charge on any atom is 0.317 e. The molecule has 0 aliphatic carbocycles. The molecule has 0 radical (unpaired) electrons. The fraction of sp³-hybridized carbons (Fsp3) is 0.548. The molecule has 6 atom stereocenters. The van der Waals surface area contributed by atoms with E-state index in [0.717, 1.165) is 26.3 Å². The van der Waals surface area contributed by atoms with Crippen LogP contribution in [0.2, 0.25) is 0 Å². The number of phenols is 1. The fourth-order valence-electron chi connectivity index (χ4n) is 5.85. The Morgan fingerprint density at radius 1 is 0.862 bits per heavy atom. The molecule has 1 aliphatic heterocycles. The first-order chi connectivity index (χ1) is 26.8. The van der Waals surface area contributed by atoms with Crippen molar-refractivity contribution in [3.63, 3.8) is 0 Å². The predicted molar refractivity (Wildman–Crippen MR) is 213 cm³/mol. The lowest BCUT2D eigenvalue weighted by Gasteiger charge is -2.44. The molecule has 4 N–H and O–H groups in total. The van der Waals surface area contributed by atoms with Gasteiger partial charge in [0.2, 0.25) is 5.91 Å². The normalized spacial score (nSPS) is 20.3. The minimum Gasteiger partial charge on any atom is -0.507 e. The Kier molecular flexibility index (Phi) is 15.6. The number of nitrogens with one attached hydrogen (secondary N) is 3. The number of phenolic OH excluding ortho intramolecular Hbond substituents is 1. The van der Waals surface area contributed by atoms with Crippen LogP contribution in [-0.2, 0) is 54.9 Å². The van der Waals surface area contributed by atoms with Crippen LogP contribution in [0, 0.1) is 10.8 Å². The van der Waals surface area contributed by atoms with Crippen LogP contribution in [0.15, 0.2) is 47.5 Å². The Morgan fingerprint density at radius 3 is 2.00 bits per heavy atom. The predicted octanol–water partition coefficient (Wildman–Crippen LogP) is 4.61. The van der Waals surface area contributed by atoms with E-state index in [4.69, 9.17) is 23.7 Å². The van der Waals surface area contributed by atoms with Gasteiger partial charge in [0.15, 0.2) is 18.4 Å².